The van der Waals surface area contributed by atoms with Gasteiger partial charge in [-0.2, -0.15) is 13.2 Å². The van der Waals surface area contributed by atoms with Crippen LogP contribution < -0.4 is 16.6 Å². The summed E-state index contributed by atoms with van der Waals surface area (Å²) in [5.41, 5.74) is -1.11. The second kappa shape index (κ2) is 6.34. The number of alkyl halides is 3. The Morgan fingerprint density at radius 3 is 2.59 bits per heavy atom. The number of fused-ring (bicyclic) bond motifs is 2. The highest BCUT2D eigenvalue weighted by atomic mass is 19.4. The first-order chi connectivity index (χ1) is 12.6. The molecule has 0 aliphatic carbocycles. The molecule has 1 amide bonds. The van der Waals surface area contributed by atoms with E-state index >= 15 is 0 Å². The zero-order valence-corrected chi connectivity index (χ0v) is 13.8. The second-order valence-corrected chi connectivity index (χ2v) is 5.66. The van der Waals surface area contributed by atoms with Crippen LogP contribution in [0, 0.1) is 6.92 Å². The van der Waals surface area contributed by atoms with Crippen molar-refractivity contribution >= 4 is 33.8 Å². The quantitative estimate of drug-likeness (QED) is 0.531. The van der Waals surface area contributed by atoms with E-state index in [0.29, 0.717) is 5.56 Å². The molecule has 2 heterocycles. The van der Waals surface area contributed by atoms with Crippen molar-refractivity contribution in [2.45, 2.75) is 19.6 Å². The highest BCUT2D eigenvalue weighted by molar-refractivity contribution is 5.98. The van der Waals surface area contributed by atoms with E-state index in [2.05, 4.69) is 21.5 Å². The SMILES string of the molecule is C=CCn1c(=O)[nH]c2nc3cc(NC(=O)C(F)(F)F)c(C)cc3nc2c1=O. The molecule has 8 nitrogen and oxygen atoms in total. The molecule has 0 aliphatic rings. The summed E-state index contributed by atoms with van der Waals surface area (Å²) in [4.78, 5) is 46.2. The van der Waals surface area contributed by atoms with Gasteiger partial charge in [0.05, 0.1) is 11.0 Å². The fourth-order valence-corrected chi connectivity index (χ4v) is 2.46. The van der Waals surface area contributed by atoms with Gasteiger partial charge in [-0.05, 0) is 24.6 Å². The Hall–Kier alpha value is -3.50. The Balaban J connectivity index is 2.21. The summed E-state index contributed by atoms with van der Waals surface area (Å²) in [6.45, 7) is 4.92. The van der Waals surface area contributed by atoms with E-state index in [1.54, 1.807) is 5.32 Å². The van der Waals surface area contributed by atoms with Crippen LogP contribution in [0.15, 0.2) is 34.4 Å². The molecule has 0 fully saturated rings. The van der Waals surface area contributed by atoms with Crippen LogP contribution >= 0.6 is 0 Å². The number of carbonyl (C=O) groups is 1. The maximum absolute atomic E-state index is 12.5. The zero-order chi connectivity index (χ0) is 19.9. The summed E-state index contributed by atoms with van der Waals surface area (Å²) >= 11 is 0. The van der Waals surface area contributed by atoms with Crippen LogP contribution in [0.3, 0.4) is 0 Å². The van der Waals surface area contributed by atoms with Crippen LogP contribution in [0.25, 0.3) is 22.2 Å². The largest absolute Gasteiger partial charge is 0.471 e. The van der Waals surface area contributed by atoms with Gasteiger partial charge in [-0.15, -0.1) is 6.58 Å². The number of carbonyl (C=O) groups excluding carboxylic acids is 1. The minimum absolute atomic E-state index is 0.0226. The van der Waals surface area contributed by atoms with E-state index in [0.717, 1.165) is 4.57 Å². The molecule has 3 aromatic rings. The normalized spacial score (nSPS) is 11.7. The molecule has 0 saturated carbocycles. The van der Waals surface area contributed by atoms with Crippen LogP contribution in [0.4, 0.5) is 18.9 Å². The lowest BCUT2D eigenvalue weighted by atomic mass is 10.1. The summed E-state index contributed by atoms with van der Waals surface area (Å²) in [5.74, 6) is -2.13. The molecule has 0 radical (unpaired) electrons. The van der Waals surface area contributed by atoms with Gasteiger partial charge < -0.3 is 5.32 Å². The van der Waals surface area contributed by atoms with Gasteiger partial charge in [0.2, 0.25) is 0 Å². The van der Waals surface area contributed by atoms with E-state index in [9.17, 15) is 27.6 Å². The molecule has 0 saturated heterocycles. The maximum Gasteiger partial charge on any atom is 0.471 e. The lowest BCUT2D eigenvalue weighted by molar-refractivity contribution is -0.167. The Morgan fingerprint density at radius 2 is 1.96 bits per heavy atom. The predicted molar refractivity (Wildman–Crippen MR) is 91.5 cm³/mol. The number of anilines is 1. The molecule has 2 N–H and O–H groups in total. The number of nitrogens with one attached hydrogen (secondary N) is 2. The van der Waals surface area contributed by atoms with Crippen LogP contribution in [-0.2, 0) is 11.3 Å². The van der Waals surface area contributed by atoms with Crippen molar-refractivity contribution in [1.29, 1.82) is 0 Å². The number of hydrogen-bond acceptors (Lipinski definition) is 5. The number of nitrogens with zero attached hydrogens (tertiary/aromatic N) is 3. The molecule has 2 aromatic heterocycles. The molecule has 27 heavy (non-hydrogen) atoms. The fraction of sp³-hybridized carbons (Fsp3) is 0.188. The molecule has 0 atom stereocenters. The van der Waals surface area contributed by atoms with Crippen molar-refractivity contribution in [3.05, 3.63) is 51.2 Å². The summed E-state index contributed by atoms with van der Waals surface area (Å²) in [6.07, 6.45) is -3.67. The summed E-state index contributed by atoms with van der Waals surface area (Å²) in [7, 11) is 0. The van der Waals surface area contributed by atoms with E-state index < -0.39 is 23.3 Å². The lowest BCUT2D eigenvalue weighted by Gasteiger charge is -2.11. The third-order valence-electron chi connectivity index (χ3n) is 3.75. The van der Waals surface area contributed by atoms with E-state index in [4.69, 9.17) is 0 Å². The van der Waals surface area contributed by atoms with E-state index in [1.807, 2.05) is 0 Å². The van der Waals surface area contributed by atoms with Crippen molar-refractivity contribution in [2.24, 2.45) is 0 Å². The van der Waals surface area contributed by atoms with Crippen molar-refractivity contribution in [2.75, 3.05) is 5.32 Å². The standard InChI is InChI=1S/C16H12F3N5O3/c1-3-4-24-13(25)11-12(23-15(24)27)21-10-6-8(7(2)5-9(10)20-11)22-14(26)16(17,18)19/h3,5-6H,1,4H2,2H3,(H,22,26)(H,21,23,27). The lowest BCUT2D eigenvalue weighted by Crippen LogP contribution is -2.35. The van der Waals surface area contributed by atoms with Gasteiger partial charge in [-0.1, -0.05) is 6.08 Å². The summed E-state index contributed by atoms with van der Waals surface area (Å²) in [5, 5.41) is 1.76. The smallest absolute Gasteiger partial charge is 0.318 e. The molecular formula is C16H12F3N5O3. The Kier molecular flexibility index (Phi) is 4.30. The molecule has 140 valence electrons. The first-order valence-corrected chi connectivity index (χ1v) is 7.56. The third kappa shape index (κ3) is 3.30. The minimum atomic E-state index is -5.04. The number of halogens is 3. The zero-order valence-electron chi connectivity index (χ0n) is 13.8. The van der Waals surface area contributed by atoms with Gasteiger partial charge in [-0.3, -0.25) is 19.1 Å². The number of aryl methyl sites for hydroxylation is 1. The number of allylic oxidation sites excluding steroid dienone is 1. The molecule has 3 rings (SSSR count). The van der Waals surface area contributed by atoms with Crippen molar-refractivity contribution < 1.29 is 18.0 Å². The summed E-state index contributed by atoms with van der Waals surface area (Å²) in [6, 6.07) is 2.57. The van der Waals surface area contributed by atoms with Crippen LogP contribution in [0.1, 0.15) is 5.56 Å². The molecule has 0 unspecified atom stereocenters. The van der Waals surface area contributed by atoms with Gasteiger partial charge >= 0.3 is 17.8 Å². The number of H-pyrrole nitrogens is 1. The molecule has 11 heteroatoms. The average molecular weight is 379 g/mol. The Morgan fingerprint density at radius 1 is 1.30 bits per heavy atom. The van der Waals surface area contributed by atoms with Crippen LogP contribution in [0.2, 0.25) is 0 Å². The highest BCUT2D eigenvalue weighted by Crippen LogP contribution is 2.24. The number of rotatable bonds is 3. The minimum Gasteiger partial charge on any atom is -0.318 e. The first-order valence-electron chi connectivity index (χ1n) is 7.56. The Labute approximate surface area is 148 Å². The third-order valence-corrected chi connectivity index (χ3v) is 3.75. The number of aromatic amines is 1. The molecule has 0 aliphatic heterocycles. The van der Waals surface area contributed by atoms with Gasteiger partial charge in [0.1, 0.15) is 0 Å². The van der Waals surface area contributed by atoms with Gasteiger partial charge in [0.15, 0.2) is 11.2 Å². The van der Waals surface area contributed by atoms with Crippen molar-refractivity contribution in [3.8, 4) is 0 Å². The van der Waals surface area contributed by atoms with Gasteiger partial charge in [0.25, 0.3) is 5.56 Å². The Bertz CT molecular complexity index is 1210. The summed E-state index contributed by atoms with van der Waals surface area (Å²) < 4.78 is 38.3. The number of benzene rings is 1. The van der Waals surface area contributed by atoms with Crippen molar-refractivity contribution in [1.82, 2.24) is 19.5 Å². The van der Waals surface area contributed by atoms with E-state index in [1.165, 1.54) is 25.1 Å². The predicted octanol–water partition coefficient (Wildman–Crippen LogP) is 1.63. The van der Waals surface area contributed by atoms with Gasteiger partial charge in [0, 0.05) is 12.2 Å². The van der Waals surface area contributed by atoms with E-state index in [-0.39, 0.29) is 34.4 Å². The number of aromatic nitrogens is 4. The average Bonchev–Trinajstić information content (AvgIpc) is 2.57. The topological polar surface area (TPSA) is 110 Å². The van der Waals surface area contributed by atoms with Crippen molar-refractivity contribution in [3.63, 3.8) is 0 Å². The molecule has 1 aromatic carbocycles. The monoisotopic (exact) mass is 379 g/mol. The molecular weight excluding hydrogens is 367 g/mol. The second-order valence-electron chi connectivity index (χ2n) is 5.66. The van der Waals surface area contributed by atoms with Crippen LogP contribution in [0.5, 0.6) is 0 Å². The first kappa shape index (κ1) is 18.3. The number of hydrogen-bond donors (Lipinski definition) is 2. The maximum atomic E-state index is 12.5. The van der Waals surface area contributed by atoms with Gasteiger partial charge in [-0.25, -0.2) is 14.8 Å². The molecule has 0 spiro atoms. The number of amides is 1. The van der Waals surface area contributed by atoms with Crippen LogP contribution in [-0.4, -0.2) is 31.6 Å². The fourth-order valence-electron chi connectivity index (χ4n) is 2.46. The molecule has 0 bridgehead atoms. The highest BCUT2D eigenvalue weighted by Gasteiger charge is 2.38.